The molecule has 1 saturated carbocycles. The quantitative estimate of drug-likeness (QED) is 0.737. The predicted molar refractivity (Wildman–Crippen MR) is 80.0 cm³/mol. The third kappa shape index (κ3) is 2.40. The summed E-state index contributed by atoms with van der Waals surface area (Å²) < 4.78 is 0. The summed E-state index contributed by atoms with van der Waals surface area (Å²) in [5.74, 6) is 0.987. The number of likely N-dealkylation sites (tertiary alicyclic amines) is 1. The summed E-state index contributed by atoms with van der Waals surface area (Å²) in [4.78, 5) is 27.1. The van der Waals surface area contributed by atoms with Gasteiger partial charge in [-0.1, -0.05) is 26.7 Å². The first kappa shape index (κ1) is 15.5. The Kier molecular flexibility index (Phi) is 4.27. The SMILES string of the molecule is CCCC1CC(CCC)C2C(=O)N(C(C)(C)C)C(=O)C12. The van der Waals surface area contributed by atoms with E-state index in [4.69, 9.17) is 0 Å². The predicted octanol–water partition coefficient (Wildman–Crippen LogP) is 3.62. The van der Waals surface area contributed by atoms with Crippen molar-refractivity contribution in [1.82, 2.24) is 4.90 Å². The van der Waals surface area contributed by atoms with Gasteiger partial charge < -0.3 is 0 Å². The Bertz CT molecular complexity index is 366. The van der Waals surface area contributed by atoms with Crippen molar-refractivity contribution in [3.8, 4) is 0 Å². The Hall–Kier alpha value is -0.860. The molecule has 0 bridgehead atoms. The van der Waals surface area contributed by atoms with Gasteiger partial charge in [-0.05, 0) is 51.9 Å². The number of carbonyl (C=O) groups is 2. The van der Waals surface area contributed by atoms with Crippen molar-refractivity contribution in [1.29, 1.82) is 0 Å². The van der Waals surface area contributed by atoms with Gasteiger partial charge in [-0.15, -0.1) is 0 Å². The Morgan fingerprint density at radius 2 is 1.35 bits per heavy atom. The lowest BCUT2D eigenvalue weighted by molar-refractivity contribution is -0.146. The highest BCUT2D eigenvalue weighted by Gasteiger charge is 2.59. The number of rotatable bonds is 4. The Labute approximate surface area is 123 Å². The third-order valence-electron chi connectivity index (χ3n) is 5.01. The van der Waals surface area contributed by atoms with Crippen LogP contribution in [0, 0.1) is 23.7 Å². The molecule has 2 aliphatic rings. The zero-order valence-electron chi connectivity index (χ0n) is 13.6. The van der Waals surface area contributed by atoms with E-state index in [9.17, 15) is 9.59 Å². The Morgan fingerprint density at radius 3 is 1.65 bits per heavy atom. The maximum atomic E-state index is 12.8. The van der Waals surface area contributed by atoms with E-state index >= 15 is 0 Å². The fraction of sp³-hybridized carbons (Fsp3) is 0.882. The van der Waals surface area contributed by atoms with Gasteiger partial charge in [0.1, 0.15) is 0 Å². The minimum Gasteiger partial charge on any atom is -0.277 e. The molecule has 1 aliphatic carbocycles. The maximum Gasteiger partial charge on any atom is 0.233 e. The van der Waals surface area contributed by atoms with Crippen molar-refractivity contribution in [2.45, 2.75) is 72.3 Å². The van der Waals surface area contributed by atoms with Crippen molar-refractivity contribution in [3.63, 3.8) is 0 Å². The zero-order chi connectivity index (χ0) is 15.1. The van der Waals surface area contributed by atoms with Gasteiger partial charge in [-0.3, -0.25) is 14.5 Å². The van der Waals surface area contributed by atoms with Crippen LogP contribution in [-0.2, 0) is 9.59 Å². The molecular formula is C17H29NO2. The number of carbonyl (C=O) groups excluding carboxylic acids is 2. The molecule has 2 fully saturated rings. The molecule has 3 nitrogen and oxygen atoms in total. The molecule has 0 N–H and O–H groups in total. The molecule has 0 spiro atoms. The van der Waals surface area contributed by atoms with Crippen molar-refractivity contribution in [2.24, 2.45) is 23.7 Å². The summed E-state index contributed by atoms with van der Waals surface area (Å²) in [6.07, 6.45) is 5.44. The highest BCUT2D eigenvalue weighted by Crippen LogP contribution is 2.51. The molecular weight excluding hydrogens is 250 g/mol. The van der Waals surface area contributed by atoms with E-state index in [0.29, 0.717) is 11.8 Å². The molecule has 4 atom stereocenters. The fourth-order valence-electron chi connectivity index (χ4n) is 4.38. The average molecular weight is 279 g/mol. The van der Waals surface area contributed by atoms with E-state index < -0.39 is 0 Å². The molecule has 4 unspecified atom stereocenters. The van der Waals surface area contributed by atoms with Crippen LogP contribution in [-0.4, -0.2) is 22.3 Å². The summed E-state index contributed by atoms with van der Waals surface area (Å²) in [7, 11) is 0. The molecule has 2 rings (SSSR count). The molecule has 0 aromatic rings. The topological polar surface area (TPSA) is 37.4 Å². The van der Waals surface area contributed by atoms with Crippen molar-refractivity contribution in [3.05, 3.63) is 0 Å². The third-order valence-corrected chi connectivity index (χ3v) is 5.01. The smallest absolute Gasteiger partial charge is 0.233 e. The van der Waals surface area contributed by atoms with Crippen LogP contribution in [0.3, 0.4) is 0 Å². The molecule has 1 aliphatic heterocycles. The lowest BCUT2D eigenvalue weighted by Gasteiger charge is -2.32. The summed E-state index contributed by atoms with van der Waals surface area (Å²) in [6, 6.07) is 0. The van der Waals surface area contributed by atoms with Gasteiger partial charge in [0.25, 0.3) is 0 Å². The van der Waals surface area contributed by atoms with Crippen LogP contribution in [0.15, 0.2) is 0 Å². The van der Waals surface area contributed by atoms with E-state index in [2.05, 4.69) is 13.8 Å². The van der Waals surface area contributed by atoms with Gasteiger partial charge in [0.05, 0.1) is 11.8 Å². The molecule has 114 valence electrons. The average Bonchev–Trinajstić information content (AvgIpc) is 2.78. The van der Waals surface area contributed by atoms with Crippen molar-refractivity contribution in [2.75, 3.05) is 0 Å². The summed E-state index contributed by atoms with van der Waals surface area (Å²) in [5.41, 5.74) is -0.383. The number of amides is 2. The van der Waals surface area contributed by atoms with Crippen LogP contribution in [0.25, 0.3) is 0 Å². The van der Waals surface area contributed by atoms with Gasteiger partial charge in [0.2, 0.25) is 11.8 Å². The number of nitrogens with zero attached hydrogens (tertiary/aromatic N) is 1. The van der Waals surface area contributed by atoms with Gasteiger partial charge in [0, 0.05) is 5.54 Å². The van der Waals surface area contributed by atoms with E-state index in [1.54, 1.807) is 4.90 Å². The van der Waals surface area contributed by atoms with E-state index in [-0.39, 0.29) is 29.2 Å². The van der Waals surface area contributed by atoms with E-state index in [1.807, 2.05) is 20.8 Å². The van der Waals surface area contributed by atoms with Crippen LogP contribution in [0.1, 0.15) is 66.7 Å². The molecule has 0 aromatic carbocycles. The van der Waals surface area contributed by atoms with E-state index in [1.165, 1.54) is 0 Å². The maximum absolute atomic E-state index is 12.8. The largest absolute Gasteiger partial charge is 0.277 e. The molecule has 0 radical (unpaired) electrons. The molecule has 0 aromatic heterocycles. The van der Waals surface area contributed by atoms with Gasteiger partial charge in [-0.25, -0.2) is 0 Å². The second kappa shape index (κ2) is 5.50. The van der Waals surface area contributed by atoms with Gasteiger partial charge in [0.15, 0.2) is 0 Å². The van der Waals surface area contributed by atoms with Crippen molar-refractivity contribution >= 4 is 11.8 Å². The minimum atomic E-state index is -0.383. The van der Waals surface area contributed by atoms with Crippen LogP contribution < -0.4 is 0 Å². The first-order valence-corrected chi connectivity index (χ1v) is 8.20. The number of fused-ring (bicyclic) bond motifs is 1. The Morgan fingerprint density at radius 1 is 0.950 bits per heavy atom. The van der Waals surface area contributed by atoms with Gasteiger partial charge >= 0.3 is 0 Å². The van der Waals surface area contributed by atoms with Crippen LogP contribution in [0.5, 0.6) is 0 Å². The lowest BCUT2D eigenvalue weighted by Crippen LogP contribution is -2.47. The Balaban J connectivity index is 2.31. The summed E-state index contributed by atoms with van der Waals surface area (Å²) in [5, 5.41) is 0. The van der Waals surface area contributed by atoms with E-state index in [0.717, 1.165) is 32.1 Å². The lowest BCUT2D eigenvalue weighted by atomic mass is 9.86. The summed E-state index contributed by atoms with van der Waals surface area (Å²) >= 11 is 0. The van der Waals surface area contributed by atoms with Crippen LogP contribution in [0.4, 0.5) is 0 Å². The normalized spacial score (nSPS) is 34.0. The number of imide groups is 1. The fourth-order valence-corrected chi connectivity index (χ4v) is 4.38. The molecule has 1 heterocycles. The monoisotopic (exact) mass is 279 g/mol. The molecule has 3 heteroatoms. The highest BCUT2D eigenvalue weighted by molar-refractivity contribution is 6.06. The number of hydrogen-bond acceptors (Lipinski definition) is 2. The van der Waals surface area contributed by atoms with Gasteiger partial charge in [-0.2, -0.15) is 0 Å². The highest BCUT2D eigenvalue weighted by atomic mass is 16.2. The zero-order valence-corrected chi connectivity index (χ0v) is 13.6. The second-order valence-corrected chi connectivity index (χ2v) is 7.57. The molecule has 2 amide bonds. The summed E-state index contributed by atoms with van der Waals surface area (Å²) in [6.45, 7) is 10.2. The second-order valence-electron chi connectivity index (χ2n) is 7.57. The van der Waals surface area contributed by atoms with Crippen LogP contribution >= 0.6 is 0 Å². The first-order chi connectivity index (χ1) is 9.32. The molecule has 20 heavy (non-hydrogen) atoms. The first-order valence-electron chi connectivity index (χ1n) is 8.20. The molecule has 1 saturated heterocycles. The number of hydrogen-bond donors (Lipinski definition) is 0. The van der Waals surface area contributed by atoms with Crippen LogP contribution in [0.2, 0.25) is 0 Å². The standard InChI is InChI=1S/C17H29NO2/c1-6-8-11-10-12(9-7-2)14-13(11)15(19)18(16(14)20)17(3,4)5/h11-14H,6-10H2,1-5H3. The minimum absolute atomic E-state index is 0.0294. The van der Waals surface area contributed by atoms with Crippen molar-refractivity contribution < 1.29 is 9.59 Å².